The van der Waals surface area contributed by atoms with Crippen molar-refractivity contribution in [2.75, 3.05) is 24.6 Å². The number of hydrogen-bond acceptors (Lipinski definition) is 9. The number of carboxylic acid groups (broad SMARTS) is 1. The van der Waals surface area contributed by atoms with Crippen LogP contribution in [0.25, 0.3) is 0 Å². The van der Waals surface area contributed by atoms with Crippen LogP contribution in [0, 0.1) is 0 Å². The number of nitrogens with zero attached hydrogens (tertiary/aromatic N) is 2. The largest absolute Gasteiger partial charge is 0.481 e. The molecule has 220 valence electrons. The summed E-state index contributed by atoms with van der Waals surface area (Å²) in [4.78, 5) is 31.6. The maximum atomic E-state index is 12.6. The maximum Gasteiger partial charge on any atom is 0.314 e. The van der Waals surface area contributed by atoms with E-state index < -0.39 is 16.8 Å². The molecule has 4 N–H and O–H groups in total. The minimum absolute atomic E-state index is 0.0138. The third-order valence-electron chi connectivity index (χ3n) is 7.79. The number of carbonyl (C=O) groups excluding carboxylic acids is 1. The second-order valence-corrected chi connectivity index (χ2v) is 10.5. The fourth-order valence-electron chi connectivity index (χ4n) is 4.96. The number of nitrogens with two attached hydrogens (primary N) is 1. The Morgan fingerprint density at radius 1 is 0.698 bits per heavy atom. The summed E-state index contributed by atoms with van der Waals surface area (Å²) in [6.45, 7) is 0.463. The van der Waals surface area contributed by atoms with E-state index in [1.54, 1.807) is 36.7 Å². The van der Waals surface area contributed by atoms with E-state index in [1.807, 2.05) is 48.5 Å². The van der Waals surface area contributed by atoms with E-state index in [-0.39, 0.29) is 19.5 Å². The molecule has 2 aromatic heterocycles. The van der Waals surface area contributed by atoms with Gasteiger partial charge in [-0.1, -0.05) is 24.3 Å². The summed E-state index contributed by atoms with van der Waals surface area (Å²) < 4.78 is 21.1. The van der Waals surface area contributed by atoms with Crippen LogP contribution in [0.15, 0.2) is 85.2 Å². The first-order valence-electron chi connectivity index (χ1n) is 13.8. The number of carbonyl (C=O) groups is 2. The molecule has 0 unspecified atom stereocenters. The lowest BCUT2D eigenvalue weighted by Crippen LogP contribution is -2.28. The van der Waals surface area contributed by atoms with Crippen LogP contribution in [0.3, 0.4) is 0 Å². The molecule has 4 aliphatic rings. The molecular weight excluding hydrogens is 552 g/mol. The van der Waals surface area contributed by atoms with Crippen LogP contribution in [0.4, 0.5) is 11.6 Å². The highest BCUT2D eigenvalue weighted by molar-refractivity contribution is 6.01. The number of pyridine rings is 2. The first-order valence-corrected chi connectivity index (χ1v) is 13.8. The summed E-state index contributed by atoms with van der Waals surface area (Å²) >= 11 is 0. The molecule has 4 heterocycles. The summed E-state index contributed by atoms with van der Waals surface area (Å²) in [5.41, 5.74) is 5.91. The molecule has 1 amide bonds. The van der Waals surface area contributed by atoms with E-state index in [1.165, 1.54) is 0 Å². The SMILES string of the molecule is Nc1ccccn1.O=C(Nc1ccccn1)C1(c2ccc3c(c2)OCO3)CC1.O=C(O)C1(c2ccc3c(c2)OCO3)CC1. The van der Waals surface area contributed by atoms with Crippen molar-refractivity contribution in [2.45, 2.75) is 36.5 Å². The molecule has 0 atom stereocenters. The van der Waals surface area contributed by atoms with E-state index in [4.69, 9.17) is 29.8 Å². The molecule has 11 nitrogen and oxygen atoms in total. The Kier molecular flexibility index (Phi) is 7.45. The predicted octanol–water partition coefficient (Wildman–Crippen LogP) is 4.68. The van der Waals surface area contributed by atoms with Crippen molar-refractivity contribution in [1.29, 1.82) is 0 Å². The molecule has 2 aliphatic carbocycles. The quantitative estimate of drug-likeness (QED) is 0.302. The molecule has 43 heavy (non-hydrogen) atoms. The van der Waals surface area contributed by atoms with Crippen LogP contribution in [0.5, 0.6) is 23.0 Å². The molecule has 0 saturated heterocycles. The van der Waals surface area contributed by atoms with E-state index >= 15 is 0 Å². The molecule has 8 rings (SSSR count). The van der Waals surface area contributed by atoms with Gasteiger partial charge in [-0.3, -0.25) is 9.59 Å². The van der Waals surface area contributed by atoms with E-state index in [0.29, 0.717) is 41.7 Å². The number of benzene rings is 2. The Balaban J connectivity index is 0.000000130. The number of fused-ring (bicyclic) bond motifs is 2. The zero-order valence-electron chi connectivity index (χ0n) is 23.2. The number of nitrogens with one attached hydrogen (secondary N) is 1. The van der Waals surface area contributed by atoms with Crippen molar-refractivity contribution >= 4 is 23.5 Å². The number of anilines is 2. The minimum Gasteiger partial charge on any atom is -0.481 e. The fraction of sp³-hybridized carbons (Fsp3) is 0.250. The van der Waals surface area contributed by atoms with E-state index in [0.717, 1.165) is 29.7 Å². The van der Waals surface area contributed by atoms with Crippen LogP contribution in [0.2, 0.25) is 0 Å². The van der Waals surface area contributed by atoms with Gasteiger partial charge in [0.25, 0.3) is 0 Å². The summed E-state index contributed by atoms with van der Waals surface area (Å²) in [5.74, 6) is 3.18. The van der Waals surface area contributed by atoms with Crippen molar-refractivity contribution in [3.8, 4) is 23.0 Å². The molecule has 0 bridgehead atoms. The topological polar surface area (TPSA) is 155 Å². The standard InChI is InChI=1S/C16H14N2O3.C11H10O4.C5H6N2/c19-15(18-14-3-1-2-8-17-14)16(6-7-16)11-4-5-12-13(9-11)21-10-20-12;12-10(13)11(3-4-11)7-1-2-8-9(5-7)15-6-14-8;6-5-3-1-2-4-7-5/h1-5,8-9H,6-7,10H2,(H,17,18,19);1-2,5H,3-4,6H2,(H,12,13);1-4H,(H2,6,7). The fourth-order valence-corrected chi connectivity index (χ4v) is 4.96. The van der Waals surface area contributed by atoms with Crippen molar-refractivity contribution in [3.63, 3.8) is 0 Å². The lowest BCUT2D eigenvalue weighted by atomic mass is 9.94. The zero-order valence-corrected chi connectivity index (χ0v) is 23.2. The number of aliphatic carboxylic acids is 1. The zero-order chi connectivity index (χ0) is 29.9. The molecule has 2 aliphatic heterocycles. The molecule has 2 aromatic carbocycles. The van der Waals surface area contributed by atoms with Gasteiger partial charge in [0.05, 0.1) is 10.8 Å². The number of carboxylic acids is 1. The van der Waals surface area contributed by atoms with Crippen molar-refractivity contribution in [2.24, 2.45) is 0 Å². The van der Waals surface area contributed by atoms with Crippen molar-refractivity contribution in [1.82, 2.24) is 9.97 Å². The van der Waals surface area contributed by atoms with Gasteiger partial charge in [0, 0.05) is 12.4 Å². The Hall–Kier alpha value is -5.32. The van der Waals surface area contributed by atoms with Gasteiger partial charge in [-0.15, -0.1) is 0 Å². The van der Waals surface area contributed by atoms with Crippen LogP contribution in [-0.4, -0.2) is 40.5 Å². The van der Waals surface area contributed by atoms with Crippen molar-refractivity contribution in [3.05, 3.63) is 96.3 Å². The third kappa shape index (κ3) is 5.87. The van der Waals surface area contributed by atoms with E-state index in [9.17, 15) is 9.59 Å². The molecule has 0 radical (unpaired) electrons. The van der Waals surface area contributed by atoms with Gasteiger partial charge in [-0.2, -0.15) is 0 Å². The van der Waals surface area contributed by atoms with Gasteiger partial charge in [0.15, 0.2) is 23.0 Å². The number of hydrogen-bond donors (Lipinski definition) is 3. The molecule has 11 heteroatoms. The summed E-state index contributed by atoms with van der Waals surface area (Å²) in [5, 5.41) is 12.0. The maximum absolute atomic E-state index is 12.6. The smallest absolute Gasteiger partial charge is 0.314 e. The Bertz CT molecular complexity index is 1620. The van der Waals surface area contributed by atoms with E-state index in [2.05, 4.69) is 15.3 Å². The lowest BCUT2D eigenvalue weighted by Gasteiger charge is -2.15. The number of nitrogen functional groups attached to an aromatic ring is 1. The van der Waals surface area contributed by atoms with Gasteiger partial charge in [0.1, 0.15) is 11.6 Å². The average Bonchev–Trinajstić information content (AvgIpc) is 3.92. The Labute approximate surface area is 247 Å². The Morgan fingerprint density at radius 2 is 1.23 bits per heavy atom. The van der Waals surface area contributed by atoms with Crippen molar-refractivity contribution < 1.29 is 33.6 Å². The summed E-state index contributed by atoms with van der Waals surface area (Å²) in [6.07, 6.45) is 6.42. The number of ether oxygens (including phenoxy) is 4. The van der Waals surface area contributed by atoms with Gasteiger partial charge in [-0.05, 0) is 85.3 Å². The Morgan fingerprint density at radius 3 is 1.67 bits per heavy atom. The second kappa shape index (κ2) is 11.5. The molecular formula is C32H30N4O7. The molecule has 0 spiro atoms. The monoisotopic (exact) mass is 582 g/mol. The second-order valence-electron chi connectivity index (χ2n) is 10.5. The van der Waals surface area contributed by atoms with Gasteiger partial charge < -0.3 is 35.1 Å². The highest BCUT2D eigenvalue weighted by atomic mass is 16.7. The highest BCUT2D eigenvalue weighted by Crippen LogP contribution is 2.51. The first kappa shape index (κ1) is 27.8. The van der Waals surface area contributed by atoms with Crippen LogP contribution >= 0.6 is 0 Å². The molecule has 4 aromatic rings. The van der Waals surface area contributed by atoms with Gasteiger partial charge >= 0.3 is 5.97 Å². The lowest BCUT2D eigenvalue weighted by molar-refractivity contribution is -0.140. The predicted molar refractivity (Wildman–Crippen MR) is 156 cm³/mol. The van der Waals surface area contributed by atoms with Gasteiger partial charge in [-0.25, -0.2) is 9.97 Å². The van der Waals surface area contributed by atoms with Crippen LogP contribution < -0.4 is 30.0 Å². The molecule has 2 fully saturated rings. The first-order chi connectivity index (χ1) is 20.9. The average molecular weight is 583 g/mol. The third-order valence-corrected chi connectivity index (χ3v) is 7.79. The number of amides is 1. The summed E-state index contributed by atoms with van der Waals surface area (Å²) in [7, 11) is 0. The summed E-state index contributed by atoms with van der Waals surface area (Å²) in [6, 6.07) is 22.0. The van der Waals surface area contributed by atoms with Crippen LogP contribution in [-0.2, 0) is 20.4 Å². The highest BCUT2D eigenvalue weighted by Gasteiger charge is 2.52. The minimum atomic E-state index is -0.749. The normalized spacial score (nSPS) is 16.8. The molecule has 2 saturated carbocycles. The number of rotatable bonds is 5. The van der Waals surface area contributed by atoms with Crippen LogP contribution in [0.1, 0.15) is 36.8 Å². The number of aromatic nitrogens is 2. The van der Waals surface area contributed by atoms with Gasteiger partial charge in [0.2, 0.25) is 19.5 Å².